The lowest BCUT2D eigenvalue weighted by atomic mass is 9.48. The van der Waals surface area contributed by atoms with Crippen molar-refractivity contribution in [2.75, 3.05) is 7.05 Å². The average molecular weight is 350 g/mol. The van der Waals surface area contributed by atoms with Gasteiger partial charge in [-0.15, -0.1) is 0 Å². The zero-order chi connectivity index (χ0) is 17.6. The summed E-state index contributed by atoms with van der Waals surface area (Å²) in [5.74, 6) is 2.01. The monoisotopic (exact) mass is 350 g/mol. The van der Waals surface area contributed by atoms with Gasteiger partial charge in [0.1, 0.15) is 5.65 Å². The average Bonchev–Trinajstić information content (AvgIpc) is 3.05. The maximum absolute atomic E-state index is 10.9. The molecule has 6 nitrogen and oxygen atoms in total. The smallest absolute Gasteiger partial charge is 0.428 e. The third kappa shape index (κ3) is 1.90. The van der Waals surface area contributed by atoms with Crippen molar-refractivity contribution in [1.29, 1.82) is 0 Å². The largest absolute Gasteiger partial charge is 0.468 e. The van der Waals surface area contributed by atoms with E-state index < -0.39 is 12.7 Å². The van der Waals surface area contributed by atoms with Crippen molar-refractivity contribution in [2.45, 2.75) is 37.7 Å². The molecule has 0 aromatic carbocycles. The molecule has 26 heavy (non-hydrogen) atoms. The molecule has 2 atom stereocenters. The van der Waals surface area contributed by atoms with E-state index >= 15 is 0 Å². The van der Waals surface area contributed by atoms with E-state index in [2.05, 4.69) is 9.97 Å². The predicted octanol–water partition coefficient (Wildman–Crippen LogP) is 1.09. The van der Waals surface area contributed by atoms with E-state index in [1.807, 2.05) is 19.3 Å². The molecule has 4 bridgehead atoms. The molecule has 7 heteroatoms. The molecule has 2 aromatic rings. The molecule has 0 radical (unpaired) electrons. The van der Waals surface area contributed by atoms with Crippen LogP contribution in [0.15, 0.2) is 23.6 Å². The van der Waals surface area contributed by atoms with Crippen molar-refractivity contribution in [3.63, 3.8) is 0 Å². The molecule has 7 rings (SSSR count). The van der Waals surface area contributed by atoms with Crippen LogP contribution < -0.4 is 5.46 Å². The fraction of sp³-hybridized carbons (Fsp3) is 0.579. The minimum Gasteiger partial charge on any atom is -0.428 e. The molecule has 2 unspecified atom stereocenters. The van der Waals surface area contributed by atoms with Gasteiger partial charge >= 0.3 is 7.05 Å². The lowest BCUT2D eigenvalue weighted by Gasteiger charge is -2.58. The summed E-state index contributed by atoms with van der Waals surface area (Å²) in [7, 11) is 1.07. The molecule has 0 spiro atoms. The first kappa shape index (κ1) is 15.2. The third-order valence-corrected chi connectivity index (χ3v) is 7.33. The van der Waals surface area contributed by atoms with Gasteiger partial charge in [0.15, 0.2) is 0 Å². The van der Waals surface area contributed by atoms with Gasteiger partial charge in [-0.3, -0.25) is 0 Å². The van der Waals surface area contributed by atoms with Crippen molar-refractivity contribution in [3.8, 4) is 0 Å². The van der Waals surface area contributed by atoms with Crippen LogP contribution in [-0.4, -0.2) is 50.4 Å². The van der Waals surface area contributed by atoms with Gasteiger partial charge in [0.2, 0.25) is 0 Å². The number of pyridine rings is 1. The third-order valence-electron chi connectivity index (χ3n) is 7.33. The van der Waals surface area contributed by atoms with E-state index in [9.17, 15) is 10.1 Å². The normalized spacial score (nSPS) is 38.0. The number of hydrazone groups is 1. The molecule has 4 aliphatic carbocycles. The van der Waals surface area contributed by atoms with E-state index in [4.69, 9.17) is 5.10 Å². The van der Waals surface area contributed by atoms with Gasteiger partial charge in [0.25, 0.3) is 0 Å². The van der Waals surface area contributed by atoms with E-state index in [-0.39, 0.29) is 0 Å². The Bertz CT molecular complexity index is 925. The van der Waals surface area contributed by atoms with Crippen molar-refractivity contribution in [3.05, 3.63) is 24.0 Å². The summed E-state index contributed by atoms with van der Waals surface area (Å²) in [6.07, 6.45) is 8.87. The number of H-pyrrole nitrogens is 1. The van der Waals surface area contributed by atoms with Crippen molar-refractivity contribution in [1.82, 2.24) is 14.9 Å². The minimum absolute atomic E-state index is 0.362. The molecular formula is C19H23BN4O2. The van der Waals surface area contributed by atoms with E-state index in [1.54, 1.807) is 11.1 Å². The van der Waals surface area contributed by atoms with Crippen LogP contribution in [0.1, 0.15) is 37.7 Å². The molecule has 1 aliphatic heterocycles. The summed E-state index contributed by atoms with van der Waals surface area (Å²) in [6.45, 7) is 0. The van der Waals surface area contributed by atoms with Crippen molar-refractivity contribution < 1.29 is 10.1 Å². The first-order valence-corrected chi connectivity index (χ1v) is 9.70. The van der Waals surface area contributed by atoms with Gasteiger partial charge in [-0.25, -0.2) is 4.98 Å². The lowest BCUT2D eigenvalue weighted by Crippen LogP contribution is -2.59. The second kappa shape index (κ2) is 4.90. The number of aromatic nitrogens is 2. The molecular weight excluding hydrogens is 327 g/mol. The number of fused-ring (bicyclic) bond motifs is 3. The summed E-state index contributed by atoms with van der Waals surface area (Å²) in [6, 6.07) is 2.04. The van der Waals surface area contributed by atoms with Crippen LogP contribution in [0.5, 0.6) is 0 Å². The predicted molar refractivity (Wildman–Crippen MR) is 100.0 cm³/mol. The maximum Gasteiger partial charge on any atom is 0.468 e. The first-order valence-electron chi connectivity index (χ1n) is 9.70. The summed E-state index contributed by atoms with van der Waals surface area (Å²) >= 11 is 0. The molecule has 4 fully saturated rings. The highest BCUT2D eigenvalue weighted by Crippen LogP contribution is 2.59. The summed E-state index contributed by atoms with van der Waals surface area (Å²) in [5.41, 5.74) is 3.40. The van der Waals surface area contributed by atoms with Gasteiger partial charge < -0.3 is 20.0 Å². The first-order chi connectivity index (χ1) is 12.5. The molecule has 3 N–H and O–H groups in total. The van der Waals surface area contributed by atoms with E-state index in [0.29, 0.717) is 23.7 Å². The molecule has 134 valence electrons. The van der Waals surface area contributed by atoms with Crippen molar-refractivity contribution >= 4 is 29.3 Å². The molecule has 0 amide bonds. The number of nitrogens with one attached hydrogen (secondary N) is 1. The van der Waals surface area contributed by atoms with Crippen LogP contribution >= 0.6 is 0 Å². The number of aliphatic hydroxyl groups is 1. The Morgan fingerprint density at radius 1 is 1.27 bits per heavy atom. The fourth-order valence-corrected chi connectivity index (χ4v) is 6.64. The number of aromatic amines is 1. The number of nitrogens with zero attached hydrogens (tertiary/aromatic N) is 3. The van der Waals surface area contributed by atoms with Crippen LogP contribution in [0.25, 0.3) is 11.0 Å². The van der Waals surface area contributed by atoms with Crippen LogP contribution in [0, 0.1) is 23.7 Å². The lowest BCUT2D eigenvalue weighted by molar-refractivity contribution is -0.138. The Kier molecular flexibility index (Phi) is 2.87. The van der Waals surface area contributed by atoms with E-state index in [0.717, 1.165) is 47.0 Å². The number of rotatable bonds is 1. The topological polar surface area (TPSA) is 84.7 Å². The van der Waals surface area contributed by atoms with Crippen LogP contribution in [-0.2, 0) is 0 Å². The molecule has 3 heterocycles. The fourth-order valence-electron chi connectivity index (χ4n) is 6.64. The summed E-state index contributed by atoms with van der Waals surface area (Å²) in [5, 5.41) is 27.5. The standard InChI is InChI=1S/C19H23BN4O2/c1-24-20(26)14-9-22-18-13(2-3-21-18)16(14)17(23-24)15-11-4-10-5-12(15)8-19(25,6-10)7-11/h2-3,9-12,15,25-26H,4-8H2,1H3,(H,21,22). The Morgan fingerprint density at radius 2 is 2.04 bits per heavy atom. The highest BCUT2D eigenvalue weighted by molar-refractivity contribution is 6.66. The zero-order valence-electron chi connectivity index (χ0n) is 14.9. The maximum atomic E-state index is 10.9. The molecule has 5 aliphatic rings. The van der Waals surface area contributed by atoms with Crippen LogP contribution in [0.3, 0.4) is 0 Å². The Balaban J connectivity index is 1.53. The van der Waals surface area contributed by atoms with Gasteiger partial charge in [0, 0.05) is 41.8 Å². The SMILES string of the molecule is CN1N=C(C2C3CC4CC2CC(O)(C4)C3)c2c(cnc3[nH]ccc23)B1O. The van der Waals surface area contributed by atoms with Crippen LogP contribution in [0.2, 0.25) is 0 Å². The summed E-state index contributed by atoms with van der Waals surface area (Å²) < 4.78 is 0. The Labute approximate surface area is 152 Å². The summed E-state index contributed by atoms with van der Waals surface area (Å²) in [4.78, 5) is 9.34. The molecule has 4 saturated carbocycles. The Morgan fingerprint density at radius 3 is 2.77 bits per heavy atom. The van der Waals surface area contributed by atoms with E-state index in [1.165, 1.54) is 12.8 Å². The molecule has 2 aromatic heterocycles. The van der Waals surface area contributed by atoms with Crippen molar-refractivity contribution in [2.24, 2.45) is 28.8 Å². The second-order valence-corrected chi connectivity index (χ2v) is 8.98. The molecule has 0 saturated heterocycles. The quantitative estimate of drug-likeness (QED) is 0.672. The highest BCUT2D eigenvalue weighted by Gasteiger charge is 2.56. The zero-order valence-corrected chi connectivity index (χ0v) is 14.9. The second-order valence-electron chi connectivity index (χ2n) is 8.98. The highest BCUT2D eigenvalue weighted by atomic mass is 16.3. The number of hydrogen-bond acceptors (Lipinski definition) is 5. The van der Waals surface area contributed by atoms with Gasteiger partial charge in [-0.1, -0.05) is 0 Å². The number of hydrogen-bond donors (Lipinski definition) is 3. The van der Waals surface area contributed by atoms with Gasteiger partial charge in [0.05, 0.1) is 11.3 Å². The van der Waals surface area contributed by atoms with Gasteiger partial charge in [-0.05, 0) is 55.9 Å². The van der Waals surface area contributed by atoms with Gasteiger partial charge in [-0.2, -0.15) is 5.10 Å². The minimum atomic E-state index is -0.762. The van der Waals surface area contributed by atoms with Crippen LogP contribution in [0.4, 0.5) is 0 Å². The Hall–Kier alpha value is -1.86.